The summed E-state index contributed by atoms with van der Waals surface area (Å²) in [5, 5.41) is 5.73. The second-order valence-corrected chi connectivity index (χ2v) is 8.72. The first kappa shape index (κ1) is 24.2. The Hall–Kier alpha value is -3.94. The van der Waals surface area contributed by atoms with Gasteiger partial charge in [-0.2, -0.15) is 0 Å². The number of amides is 3. The van der Waals surface area contributed by atoms with Crippen molar-refractivity contribution >= 4 is 17.7 Å². The molecule has 0 saturated carbocycles. The smallest absolute Gasteiger partial charge is 0.256 e. The summed E-state index contributed by atoms with van der Waals surface area (Å²) in [6, 6.07) is 15.7. The molecule has 1 fully saturated rings. The largest absolute Gasteiger partial charge is 0.467 e. The van der Waals surface area contributed by atoms with Crippen molar-refractivity contribution in [2.45, 2.75) is 32.4 Å². The van der Waals surface area contributed by atoms with Crippen LogP contribution in [0.4, 0.5) is 4.39 Å². The van der Waals surface area contributed by atoms with E-state index in [1.54, 1.807) is 41.3 Å². The summed E-state index contributed by atoms with van der Waals surface area (Å²) >= 11 is 0. The van der Waals surface area contributed by atoms with Gasteiger partial charge in [0.25, 0.3) is 11.8 Å². The van der Waals surface area contributed by atoms with Gasteiger partial charge in [0.1, 0.15) is 17.6 Å². The Morgan fingerprint density at radius 2 is 1.74 bits per heavy atom. The van der Waals surface area contributed by atoms with Gasteiger partial charge in [-0.3, -0.25) is 14.4 Å². The minimum atomic E-state index is -0.788. The molecule has 2 N–H and O–H groups in total. The number of halogens is 1. The number of hydrogen-bond acceptors (Lipinski definition) is 4. The van der Waals surface area contributed by atoms with Gasteiger partial charge in [-0.15, -0.1) is 0 Å². The molecule has 0 radical (unpaired) electrons. The van der Waals surface area contributed by atoms with Crippen molar-refractivity contribution in [3.63, 3.8) is 0 Å². The van der Waals surface area contributed by atoms with Crippen LogP contribution in [0.2, 0.25) is 0 Å². The molecule has 182 valence electrons. The highest BCUT2D eigenvalue weighted by Crippen LogP contribution is 2.24. The maximum Gasteiger partial charge on any atom is 0.256 e. The molecule has 3 aromatic rings. The average Bonchev–Trinajstić information content (AvgIpc) is 3.40. The van der Waals surface area contributed by atoms with E-state index in [-0.39, 0.29) is 35.7 Å². The van der Waals surface area contributed by atoms with Crippen LogP contribution in [0.5, 0.6) is 0 Å². The van der Waals surface area contributed by atoms with E-state index in [0.717, 1.165) is 5.56 Å². The summed E-state index contributed by atoms with van der Waals surface area (Å²) in [4.78, 5) is 40.4. The lowest BCUT2D eigenvalue weighted by atomic mass is 9.88. The Balaban J connectivity index is 1.44. The second kappa shape index (κ2) is 11.0. The van der Waals surface area contributed by atoms with Gasteiger partial charge in [-0.25, -0.2) is 4.39 Å². The molecule has 2 heterocycles. The highest BCUT2D eigenvalue weighted by atomic mass is 19.1. The molecule has 2 aromatic carbocycles. The zero-order valence-corrected chi connectivity index (χ0v) is 19.5. The molecule has 0 aliphatic carbocycles. The Labute approximate surface area is 203 Å². The van der Waals surface area contributed by atoms with E-state index < -0.39 is 11.9 Å². The van der Waals surface area contributed by atoms with Crippen molar-refractivity contribution in [2.24, 2.45) is 5.92 Å². The lowest BCUT2D eigenvalue weighted by Crippen LogP contribution is -2.53. The first-order chi connectivity index (χ1) is 16.9. The minimum Gasteiger partial charge on any atom is -0.467 e. The normalized spacial score (nSPS) is 14.9. The second-order valence-electron chi connectivity index (χ2n) is 8.72. The molecule has 35 heavy (non-hydrogen) atoms. The number of carbonyl (C=O) groups excluding carboxylic acids is 3. The van der Waals surface area contributed by atoms with Gasteiger partial charge in [0.05, 0.1) is 18.4 Å². The van der Waals surface area contributed by atoms with Crippen LogP contribution < -0.4 is 10.6 Å². The van der Waals surface area contributed by atoms with E-state index in [4.69, 9.17) is 4.42 Å². The summed E-state index contributed by atoms with van der Waals surface area (Å²) in [5.74, 6) is -1.17. The van der Waals surface area contributed by atoms with Crippen LogP contribution >= 0.6 is 0 Å². The fourth-order valence-corrected chi connectivity index (χ4v) is 4.27. The molecular weight excluding hydrogens is 449 g/mol. The first-order valence-electron chi connectivity index (χ1n) is 11.6. The van der Waals surface area contributed by atoms with Crippen molar-refractivity contribution in [1.82, 2.24) is 15.5 Å². The summed E-state index contributed by atoms with van der Waals surface area (Å²) in [7, 11) is 0. The molecule has 1 atom stereocenters. The molecule has 1 aromatic heterocycles. The lowest BCUT2D eigenvalue weighted by Gasteiger charge is -2.36. The van der Waals surface area contributed by atoms with Gasteiger partial charge in [-0.1, -0.05) is 29.8 Å². The lowest BCUT2D eigenvalue weighted by molar-refractivity contribution is -0.124. The summed E-state index contributed by atoms with van der Waals surface area (Å²) in [6.07, 6.45) is 2.51. The van der Waals surface area contributed by atoms with Gasteiger partial charge >= 0.3 is 0 Å². The average molecular weight is 478 g/mol. The first-order valence-corrected chi connectivity index (χ1v) is 11.6. The molecule has 1 aliphatic heterocycles. The fraction of sp³-hybridized carbons (Fsp3) is 0.296. The Morgan fingerprint density at radius 1 is 1.03 bits per heavy atom. The van der Waals surface area contributed by atoms with Crippen LogP contribution in [0.1, 0.15) is 44.9 Å². The van der Waals surface area contributed by atoms with Crippen LogP contribution in [-0.4, -0.2) is 41.8 Å². The summed E-state index contributed by atoms with van der Waals surface area (Å²) in [6.45, 7) is 2.86. The zero-order valence-electron chi connectivity index (χ0n) is 19.5. The topological polar surface area (TPSA) is 91.7 Å². The van der Waals surface area contributed by atoms with E-state index in [1.807, 2.05) is 19.1 Å². The van der Waals surface area contributed by atoms with Gasteiger partial charge in [0, 0.05) is 18.7 Å². The van der Waals surface area contributed by atoms with E-state index in [1.165, 1.54) is 18.4 Å². The number of rotatable bonds is 7. The number of carbonyl (C=O) groups is 3. The predicted octanol–water partition coefficient (Wildman–Crippen LogP) is 3.69. The molecule has 0 bridgehead atoms. The van der Waals surface area contributed by atoms with Crippen LogP contribution in [0, 0.1) is 18.7 Å². The number of likely N-dealkylation sites (tertiary alicyclic amines) is 1. The van der Waals surface area contributed by atoms with Crippen LogP contribution in [0.25, 0.3) is 0 Å². The van der Waals surface area contributed by atoms with Crippen LogP contribution in [0.15, 0.2) is 71.3 Å². The zero-order chi connectivity index (χ0) is 24.8. The molecule has 1 unspecified atom stereocenters. The maximum absolute atomic E-state index is 14.1. The molecule has 1 aliphatic rings. The quantitative estimate of drug-likeness (QED) is 0.543. The number of hydrogen-bond donors (Lipinski definition) is 2. The monoisotopic (exact) mass is 477 g/mol. The molecule has 1 saturated heterocycles. The third-order valence-electron chi connectivity index (χ3n) is 6.30. The molecule has 7 nitrogen and oxygen atoms in total. The standard InChI is InChI=1S/C27H28FN3O4/c1-18-8-10-20(11-9-18)25(32)30-24(26(33)29-17-21-5-4-16-35-21)19-12-14-31(15-13-19)27(34)22-6-2-3-7-23(22)28/h2-11,16,19,24H,12-15,17H2,1H3,(H,29,33)(H,30,32). The van der Waals surface area contributed by atoms with Gasteiger partial charge in [-0.05, 0) is 62.1 Å². The van der Waals surface area contributed by atoms with Gasteiger partial charge in [0.15, 0.2) is 0 Å². The Bertz CT molecular complexity index is 1170. The van der Waals surface area contributed by atoms with E-state index >= 15 is 0 Å². The molecule has 3 amide bonds. The van der Waals surface area contributed by atoms with Crippen molar-refractivity contribution in [3.05, 3.63) is 95.2 Å². The molecule has 0 spiro atoms. The molecular formula is C27H28FN3O4. The van der Waals surface area contributed by atoms with E-state index in [9.17, 15) is 18.8 Å². The third kappa shape index (κ3) is 5.95. The van der Waals surface area contributed by atoms with Crippen molar-refractivity contribution in [3.8, 4) is 0 Å². The Morgan fingerprint density at radius 3 is 2.40 bits per heavy atom. The summed E-state index contributed by atoms with van der Waals surface area (Å²) in [5.41, 5.74) is 1.53. The van der Waals surface area contributed by atoms with Crippen molar-refractivity contribution in [1.29, 1.82) is 0 Å². The highest BCUT2D eigenvalue weighted by molar-refractivity contribution is 5.98. The van der Waals surface area contributed by atoms with Gasteiger partial charge in [0.2, 0.25) is 5.91 Å². The van der Waals surface area contributed by atoms with Crippen molar-refractivity contribution < 1.29 is 23.2 Å². The number of benzene rings is 2. The predicted molar refractivity (Wildman–Crippen MR) is 128 cm³/mol. The SMILES string of the molecule is Cc1ccc(C(=O)NC(C(=O)NCc2ccco2)C2CCN(C(=O)c3ccccc3F)CC2)cc1. The minimum absolute atomic E-state index is 0.0337. The number of nitrogens with zero attached hydrogens (tertiary/aromatic N) is 1. The van der Waals surface area contributed by atoms with E-state index in [0.29, 0.717) is 37.3 Å². The molecule has 4 rings (SSSR count). The highest BCUT2D eigenvalue weighted by Gasteiger charge is 2.34. The third-order valence-corrected chi connectivity index (χ3v) is 6.30. The van der Waals surface area contributed by atoms with E-state index in [2.05, 4.69) is 10.6 Å². The fourth-order valence-electron chi connectivity index (χ4n) is 4.27. The maximum atomic E-state index is 14.1. The van der Waals surface area contributed by atoms with Crippen molar-refractivity contribution in [2.75, 3.05) is 13.1 Å². The van der Waals surface area contributed by atoms with Crippen LogP contribution in [-0.2, 0) is 11.3 Å². The number of nitrogens with one attached hydrogen (secondary N) is 2. The Kier molecular flexibility index (Phi) is 7.60. The number of furan rings is 1. The van der Waals surface area contributed by atoms with Crippen LogP contribution in [0.3, 0.4) is 0 Å². The van der Waals surface area contributed by atoms with Gasteiger partial charge < -0.3 is 20.0 Å². The number of piperidine rings is 1. The number of aryl methyl sites for hydroxylation is 1. The molecule has 8 heteroatoms. The summed E-state index contributed by atoms with van der Waals surface area (Å²) < 4.78 is 19.4.